The molecule has 0 aromatic heterocycles. The van der Waals surface area contributed by atoms with Crippen LogP contribution < -0.4 is 0 Å². The monoisotopic (exact) mass is 224 g/mol. The van der Waals surface area contributed by atoms with Gasteiger partial charge in [0.05, 0.1) is 5.92 Å². The van der Waals surface area contributed by atoms with Crippen molar-refractivity contribution in [3.8, 4) is 0 Å². The highest BCUT2D eigenvalue weighted by Gasteiger charge is 2.18. The molecule has 0 aliphatic carbocycles. The third-order valence-corrected chi connectivity index (χ3v) is 2.60. The van der Waals surface area contributed by atoms with Crippen molar-refractivity contribution in [2.24, 2.45) is 5.92 Å². The lowest BCUT2D eigenvalue weighted by molar-refractivity contribution is -0.141. The van der Waals surface area contributed by atoms with Crippen LogP contribution >= 0.6 is 0 Å². The quantitative estimate of drug-likeness (QED) is 0.853. The van der Waals surface area contributed by atoms with Crippen LogP contribution in [0.4, 0.5) is 4.39 Å². The molecular weight excluding hydrogens is 207 g/mol. The number of carboxylic acids is 1. The van der Waals surface area contributed by atoms with Gasteiger partial charge in [-0.25, -0.2) is 4.39 Å². The van der Waals surface area contributed by atoms with Gasteiger partial charge in [0.2, 0.25) is 0 Å². The number of benzene rings is 1. The van der Waals surface area contributed by atoms with E-state index in [-0.39, 0.29) is 0 Å². The molecule has 2 nitrogen and oxygen atoms in total. The van der Waals surface area contributed by atoms with E-state index in [1.54, 1.807) is 31.2 Å². The lowest BCUT2D eigenvalue weighted by Gasteiger charge is -2.15. The van der Waals surface area contributed by atoms with E-state index in [1.807, 2.05) is 0 Å². The summed E-state index contributed by atoms with van der Waals surface area (Å²) in [6.07, 6.45) is 0.475. The number of hydrogen-bond acceptors (Lipinski definition) is 1. The van der Waals surface area contributed by atoms with E-state index < -0.39 is 17.6 Å². The Bertz CT molecular complexity index is 363. The molecule has 88 valence electrons. The maximum Gasteiger partial charge on any atom is 0.306 e. The Kier molecular flexibility index (Phi) is 3.68. The smallest absolute Gasteiger partial charge is 0.306 e. The molecule has 0 saturated carbocycles. The van der Waals surface area contributed by atoms with Crippen molar-refractivity contribution in [2.45, 2.75) is 32.9 Å². The maximum atomic E-state index is 13.5. The zero-order chi connectivity index (χ0) is 12.3. The number of carboxylic acid groups (broad SMARTS) is 1. The lowest BCUT2D eigenvalue weighted by atomic mass is 9.96. The van der Waals surface area contributed by atoms with Crippen LogP contribution in [-0.2, 0) is 16.9 Å². The van der Waals surface area contributed by atoms with Gasteiger partial charge in [0.25, 0.3) is 0 Å². The van der Waals surface area contributed by atoms with Crippen molar-refractivity contribution in [3.05, 3.63) is 35.4 Å². The molecule has 1 rings (SSSR count). The van der Waals surface area contributed by atoms with Gasteiger partial charge in [0.1, 0.15) is 5.67 Å². The summed E-state index contributed by atoms with van der Waals surface area (Å²) in [6, 6.07) is 7.00. The van der Waals surface area contributed by atoms with Crippen LogP contribution in [-0.4, -0.2) is 11.1 Å². The molecule has 0 fully saturated rings. The number of rotatable bonds is 4. The van der Waals surface area contributed by atoms with Crippen molar-refractivity contribution in [1.29, 1.82) is 0 Å². The summed E-state index contributed by atoms with van der Waals surface area (Å²) in [5.74, 6) is -1.22. The second-order valence-electron chi connectivity index (χ2n) is 4.61. The fourth-order valence-electron chi connectivity index (χ4n) is 1.48. The van der Waals surface area contributed by atoms with Crippen LogP contribution in [0.3, 0.4) is 0 Å². The molecule has 0 amide bonds. The molecular formula is C13H17FO2. The minimum atomic E-state index is -1.35. The summed E-state index contributed by atoms with van der Waals surface area (Å²) in [6.45, 7) is 4.67. The maximum absolute atomic E-state index is 13.5. The van der Waals surface area contributed by atoms with Crippen molar-refractivity contribution in [3.63, 3.8) is 0 Å². The molecule has 0 spiro atoms. The van der Waals surface area contributed by atoms with Crippen LogP contribution in [0.15, 0.2) is 24.3 Å². The average Bonchev–Trinajstić information content (AvgIpc) is 2.17. The van der Waals surface area contributed by atoms with Gasteiger partial charge in [-0.2, -0.15) is 0 Å². The van der Waals surface area contributed by atoms with E-state index >= 15 is 0 Å². The Morgan fingerprint density at radius 3 is 2.25 bits per heavy atom. The van der Waals surface area contributed by atoms with Crippen molar-refractivity contribution in [2.75, 3.05) is 0 Å². The van der Waals surface area contributed by atoms with E-state index in [0.29, 0.717) is 12.0 Å². The zero-order valence-electron chi connectivity index (χ0n) is 9.83. The number of halogens is 1. The Labute approximate surface area is 95.1 Å². The van der Waals surface area contributed by atoms with Gasteiger partial charge >= 0.3 is 5.97 Å². The second kappa shape index (κ2) is 4.64. The molecule has 0 bridgehead atoms. The molecule has 0 aliphatic rings. The molecule has 16 heavy (non-hydrogen) atoms. The van der Waals surface area contributed by atoms with E-state index in [2.05, 4.69) is 0 Å². The fraction of sp³-hybridized carbons (Fsp3) is 0.462. The highest BCUT2D eigenvalue weighted by atomic mass is 19.1. The molecule has 0 aliphatic heterocycles. The largest absolute Gasteiger partial charge is 0.481 e. The molecule has 0 saturated heterocycles. The van der Waals surface area contributed by atoms with E-state index in [4.69, 9.17) is 5.11 Å². The lowest BCUT2D eigenvalue weighted by Crippen LogP contribution is -2.13. The fourth-order valence-corrected chi connectivity index (χ4v) is 1.48. The van der Waals surface area contributed by atoms with Crippen LogP contribution in [0, 0.1) is 5.92 Å². The van der Waals surface area contributed by atoms with Crippen molar-refractivity contribution in [1.82, 2.24) is 0 Å². The second-order valence-corrected chi connectivity index (χ2v) is 4.61. The Balaban J connectivity index is 2.76. The first-order chi connectivity index (χ1) is 7.30. The Morgan fingerprint density at radius 2 is 1.88 bits per heavy atom. The highest BCUT2D eigenvalue weighted by Crippen LogP contribution is 2.24. The van der Waals surface area contributed by atoms with Gasteiger partial charge in [-0.15, -0.1) is 0 Å². The van der Waals surface area contributed by atoms with E-state index in [1.165, 1.54) is 13.8 Å². The molecule has 1 atom stereocenters. The number of carbonyl (C=O) groups is 1. The van der Waals surface area contributed by atoms with E-state index in [9.17, 15) is 9.18 Å². The number of aliphatic carboxylic acids is 1. The molecule has 1 aromatic rings. The average molecular weight is 224 g/mol. The minimum absolute atomic E-state index is 0.413. The SMILES string of the molecule is CC(Cc1ccc(C(C)(C)F)cc1)C(=O)O. The predicted octanol–water partition coefficient (Wildman–Crippen LogP) is 3.15. The van der Waals surface area contributed by atoms with Gasteiger partial charge in [-0.05, 0) is 31.4 Å². The molecule has 1 aromatic carbocycles. The molecule has 0 heterocycles. The molecule has 1 N–H and O–H groups in total. The normalized spacial score (nSPS) is 13.5. The van der Waals surface area contributed by atoms with Crippen molar-refractivity contribution >= 4 is 5.97 Å². The number of hydrogen-bond donors (Lipinski definition) is 1. The first-order valence-electron chi connectivity index (χ1n) is 5.32. The predicted molar refractivity (Wildman–Crippen MR) is 61.1 cm³/mol. The molecule has 1 unspecified atom stereocenters. The van der Waals surface area contributed by atoms with Gasteiger partial charge in [-0.1, -0.05) is 31.2 Å². The summed E-state index contributed by atoms with van der Waals surface area (Å²) < 4.78 is 13.5. The Hall–Kier alpha value is -1.38. The van der Waals surface area contributed by atoms with Crippen molar-refractivity contribution < 1.29 is 14.3 Å². The van der Waals surface area contributed by atoms with E-state index in [0.717, 1.165) is 5.56 Å². The van der Waals surface area contributed by atoms with Gasteiger partial charge < -0.3 is 5.11 Å². The van der Waals surface area contributed by atoms with Crippen LogP contribution in [0.25, 0.3) is 0 Å². The number of alkyl halides is 1. The van der Waals surface area contributed by atoms with Crippen LogP contribution in [0.2, 0.25) is 0 Å². The summed E-state index contributed by atoms with van der Waals surface area (Å²) in [5, 5.41) is 8.77. The zero-order valence-corrected chi connectivity index (χ0v) is 9.83. The first-order valence-corrected chi connectivity index (χ1v) is 5.32. The van der Waals surface area contributed by atoms with Crippen LogP contribution in [0.5, 0.6) is 0 Å². The van der Waals surface area contributed by atoms with Gasteiger partial charge in [0.15, 0.2) is 0 Å². The third-order valence-electron chi connectivity index (χ3n) is 2.60. The summed E-state index contributed by atoms with van der Waals surface area (Å²) in [4.78, 5) is 10.7. The summed E-state index contributed by atoms with van der Waals surface area (Å²) in [7, 11) is 0. The summed E-state index contributed by atoms with van der Waals surface area (Å²) in [5.41, 5.74) is 0.179. The third kappa shape index (κ3) is 3.33. The molecule has 0 radical (unpaired) electrons. The van der Waals surface area contributed by atoms with Gasteiger partial charge in [-0.3, -0.25) is 4.79 Å². The summed E-state index contributed by atoms with van der Waals surface area (Å²) >= 11 is 0. The minimum Gasteiger partial charge on any atom is -0.481 e. The first kappa shape index (κ1) is 12.7. The van der Waals surface area contributed by atoms with Gasteiger partial charge in [0, 0.05) is 0 Å². The standard InChI is InChI=1S/C13H17FO2/c1-9(12(15)16)8-10-4-6-11(7-5-10)13(2,3)14/h4-7,9H,8H2,1-3H3,(H,15,16). The molecule has 3 heteroatoms. The Morgan fingerprint density at radius 1 is 1.38 bits per heavy atom. The van der Waals surface area contributed by atoms with Crippen LogP contribution in [0.1, 0.15) is 31.9 Å². The topological polar surface area (TPSA) is 37.3 Å². The highest BCUT2D eigenvalue weighted by molar-refractivity contribution is 5.69.